The van der Waals surface area contributed by atoms with Crippen molar-refractivity contribution in [1.82, 2.24) is 5.32 Å². The molecule has 4 atom stereocenters. The molecular weight excluding hydrogens is 270 g/mol. The van der Waals surface area contributed by atoms with Crippen LogP contribution in [-0.4, -0.2) is 30.4 Å². The predicted molar refractivity (Wildman–Crippen MR) is 79.8 cm³/mol. The van der Waals surface area contributed by atoms with Crippen LogP contribution in [0.25, 0.3) is 0 Å². The molecule has 2 heterocycles. The molecule has 1 spiro atoms. The van der Waals surface area contributed by atoms with E-state index in [2.05, 4.69) is 5.32 Å². The van der Waals surface area contributed by atoms with Crippen LogP contribution in [0.1, 0.15) is 43.8 Å². The van der Waals surface area contributed by atoms with Gasteiger partial charge in [-0.05, 0) is 41.7 Å². The van der Waals surface area contributed by atoms with E-state index in [4.69, 9.17) is 4.74 Å². The van der Waals surface area contributed by atoms with Gasteiger partial charge in [-0.25, -0.2) is 0 Å². The number of fused-ring (bicyclic) bond motifs is 2. The average Bonchev–Trinajstić information content (AvgIpc) is 3.19. The Balaban J connectivity index is 1.42. The Kier molecular flexibility index (Phi) is 3.38. The molecule has 4 rings (SSSR count). The van der Waals surface area contributed by atoms with E-state index in [9.17, 15) is 5.11 Å². The zero-order valence-corrected chi connectivity index (χ0v) is 12.6. The molecule has 0 bridgehead atoms. The molecule has 3 fully saturated rings. The van der Waals surface area contributed by atoms with Crippen LogP contribution >= 0.6 is 11.3 Å². The van der Waals surface area contributed by atoms with E-state index in [-0.39, 0.29) is 6.10 Å². The summed E-state index contributed by atoms with van der Waals surface area (Å²) in [5.74, 6) is 0.683. The van der Waals surface area contributed by atoms with E-state index in [1.165, 1.54) is 32.1 Å². The van der Waals surface area contributed by atoms with Crippen molar-refractivity contribution in [2.45, 2.75) is 50.4 Å². The van der Waals surface area contributed by atoms with Crippen molar-refractivity contribution in [3.05, 3.63) is 22.4 Å². The molecule has 0 radical (unpaired) electrons. The van der Waals surface area contributed by atoms with Crippen LogP contribution in [0.15, 0.2) is 16.8 Å². The van der Waals surface area contributed by atoms with E-state index >= 15 is 0 Å². The molecule has 4 heteroatoms. The molecule has 1 aromatic heterocycles. The number of hydrogen-bond acceptors (Lipinski definition) is 4. The minimum atomic E-state index is -0.374. The Hall–Kier alpha value is -0.420. The lowest BCUT2D eigenvalue weighted by Gasteiger charge is -2.57. The number of aliphatic hydroxyl groups excluding tert-OH is 1. The molecule has 110 valence electrons. The third kappa shape index (κ3) is 1.89. The molecule has 0 amide bonds. The second-order valence-electron chi connectivity index (χ2n) is 6.64. The molecule has 1 aromatic rings. The molecule has 2 saturated carbocycles. The highest BCUT2D eigenvalue weighted by atomic mass is 32.1. The minimum absolute atomic E-state index is 0.374. The fourth-order valence-corrected chi connectivity index (χ4v) is 5.54. The third-order valence-corrected chi connectivity index (χ3v) is 6.45. The molecule has 2 N–H and O–H groups in total. The average molecular weight is 293 g/mol. The van der Waals surface area contributed by atoms with E-state index in [1.54, 1.807) is 11.3 Å². The van der Waals surface area contributed by atoms with Gasteiger partial charge in [0.15, 0.2) is 0 Å². The molecule has 3 nitrogen and oxygen atoms in total. The Labute approximate surface area is 124 Å². The second kappa shape index (κ2) is 5.09. The molecule has 3 aliphatic rings. The van der Waals surface area contributed by atoms with Gasteiger partial charge < -0.3 is 15.2 Å². The molecule has 1 saturated heterocycles. The molecular formula is C16H23NO2S. The first-order valence-electron chi connectivity index (χ1n) is 7.86. The first-order valence-corrected chi connectivity index (χ1v) is 8.81. The van der Waals surface area contributed by atoms with Gasteiger partial charge in [0.1, 0.15) is 0 Å². The summed E-state index contributed by atoms with van der Waals surface area (Å²) in [7, 11) is 0. The topological polar surface area (TPSA) is 41.5 Å². The third-order valence-electron chi connectivity index (χ3n) is 5.75. The van der Waals surface area contributed by atoms with Gasteiger partial charge in [0, 0.05) is 30.5 Å². The van der Waals surface area contributed by atoms with Crippen LogP contribution in [0, 0.1) is 11.3 Å². The van der Waals surface area contributed by atoms with E-state index < -0.39 is 0 Å². The van der Waals surface area contributed by atoms with Crippen molar-refractivity contribution < 1.29 is 9.84 Å². The van der Waals surface area contributed by atoms with Crippen molar-refractivity contribution in [2.24, 2.45) is 11.3 Å². The molecule has 0 aromatic carbocycles. The van der Waals surface area contributed by atoms with Gasteiger partial charge in [-0.1, -0.05) is 12.8 Å². The maximum Gasteiger partial charge on any atom is 0.0922 e. The highest BCUT2D eigenvalue weighted by molar-refractivity contribution is 7.07. The lowest BCUT2D eigenvalue weighted by atomic mass is 9.54. The Morgan fingerprint density at radius 3 is 3.05 bits per heavy atom. The summed E-state index contributed by atoms with van der Waals surface area (Å²) >= 11 is 1.65. The molecule has 4 unspecified atom stereocenters. The normalized spacial score (nSPS) is 36.0. The summed E-state index contributed by atoms with van der Waals surface area (Å²) in [6, 6.07) is 2.58. The number of ether oxygens (including phenoxy) is 1. The summed E-state index contributed by atoms with van der Waals surface area (Å²) in [6.45, 7) is 1.61. The van der Waals surface area contributed by atoms with E-state index in [1.807, 2.05) is 16.8 Å². The van der Waals surface area contributed by atoms with Gasteiger partial charge in [0.25, 0.3) is 0 Å². The van der Waals surface area contributed by atoms with Gasteiger partial charge in [-0.2, -0.15) is 11.3 Å². The van der Waals surface area contributed by atoms with Crippen molar-refractivity contribution >= 4 is 11.3 Å². The Morgan fingerprint density at radius 1 is 1.45 bits per heavy atom. The highest BCUT2D eigenvalue weighted by Gasteiger charge is 2.64. The monoisotopic (exact) mass is 293 g/mol. The smallest absolute Gasteiger partial charge is 0.0922 e. The number of thiophene rings is 1. The molecule has 1 aliphatic heterocycles. The van der Waals surface area contributed by atoms with Crippen LogP contribution in [0.2, 0.25) is 0 Å². The molecule has 20 heavy (non-hydrogen) atoms. The summed E-state index contributed by atoms with van der Waals surface area (Å²) in [5, 5.41) is 18.0. The summed E-state index contributed by atoms with van der Waals surface area (Å²) in [6.07, 6.45) is 6.62. The Morgan fingerprint density at radius 2 is 2.30 bits per heavy atom. The summed E-state index contributed by atoms with van der Waals surface area (Å²) in [4.78, 5) is 0. The van der Waals surface area contributed by atoms with Crippen LogP contribution < -0.4 is 5.32 Å². The SMILES string of the molecule is OC(CNC1C2CCOC2C12CCCC2)c1ccsc1. The first kappa shape index (κ1) is 13.3. The van der Waals surface area contributed by atoms with Gasteiger partial charge in [0.2, 0.25) is 0 Å². The van der Waals surface area contributed by atoms with Crippen molar-refractivity contribution in [3.8, 4) is 0 Å². The fraction of sp³-hybridized carbons (Fsp3) is 0.750. The van der Waals surface area contributed by atoms with E-state index in [0.717, 1.165) is 12.2 Å². The first-order chi connectivity index (χ1) is 9.81. The zero-order valence-electron chi connectivity index (χ0n) is 11.8. The van der Waals surface area contributed by atoms with Gasteiger partial charge in [-0.15, -0.1) is 0 Å². The van der Waals surface area contributed by atoms with Crippen molar-refractivity contribution in [3.63, 3.8) is 0 Å². The maximum absolute atomic E-state index is 10.3. The fourth-order valence-electron chi connectivity index (χ4n) is 4.83. The number of rotatable bonds is 4. The van der Waals surface area contributed by atoms with Crippen LogP contribution in [-0.2, 0) is 4.74 Å². The van der Waals surface area contributed by atoms with Crippen LogP contribution in [0.4, 0.5) is 0 Å². The quantitative estimate of drug-likeness (QED) is 0.897. The lowest BCUT2D eigenvalue weighted by Crippen LogP contribution is -2.67. The standard InChI is InChI=1S/C16H23NO2S/c18-13(11-4-8-20-10-11)9-17-14-12-3-7-19-15(12)16(14)5-1-2-6-16/h4,8,10,12-15,17-18H,1-3,5-7,9H2. The van der Waals surface area contributed by atoms with Gasteiger partial charge in [-0.3, -0.25) is 0 Å². The Bertz CT molecular complexity index is 455. The largest absolute Gasteiger partial charge is 0.387 e. The van der Waals surface area contributed by atoms with Crippen molar-refractivity contribution in [1.29, 1.82) is 0 Å². The van der Waals surface area contributed by atoms with Crippen LogP contribution in [0.3, 0.4) is 0 Å². The van der Waals surface area contributed by atoms with Crippen molar-refractivity contribution in [2.75, 3.05) is 13.2 Å². The highest BCUT2D eigenvalue weighted by Crippen LogP contribution is 2.60. The van der Waals surface area contributed by atoms with Gasteiger partial charge >= 0.3 is 0 Å². The van der Waals surface area contributed by atoms with Gasteiger partial charge in [0.05, 0.1) is 12.2 Å². The number of nitrogens with one attached hydrogen (secondary N) is 1. The zero-order chi connectivity index (χ0) is 13.6. The predicted octanol–water partition coefficient (Wildman–Crippen LogP) is 2.72. The molecule has 2 aliphatic carbocycles. The second-order valence-corrected chi connectivity index (χ2v) is 7.42. The maximum atomic E-state index is 10.3. The minimum Gasteiger partial charge on any atom is -0.387 e. The van der Waals surface area contributed by atoms with E-state index in [0.29, 0.717) is 30.0 Å². The van der Waals surface area contributed by atoms with Crippen LogP contribution in [0.5, 0.6) is 0 Å². The number of hydrogen-bond donors (Lipinski definition) is 2. The number of aliphatic hydroxyl groups is 1. The summed E-state index contributed by atoms with van der Waals surface area (Å²) in [5.41, 5.74) is 1.43. The summed E-state index contributed by atoms with van der Waals surface area (Å²) < 4.78 is 6.00. The lowest BCUT2D eigenvalue weighted by molar-refractivity contribution is -0.132.